The van der Waals surface area contributed by atoms with Crippen LogP contribution < -0.4 is 5.73 Å². The average Bonchev–Trinajstić information content (AvgIpc) is 2.74. The minimum Gasteiger partial charge on any atom is -0.399 e. The smallest absolute Gasteiger partial charge is 0.182 e. The highest BCUT2D eigenvalue weighted by molar-refractivity contribution is 7.90. The largest absolute Gasteiger partial charge is 0.399 e. The highest BCUT2D eigenvalue weighted by Crippen LogP contribution is 2.24. The van der Waals surface area contributed by atoms with Crippen molar-refractivity contribution in [3.05, 3.63) is 23.2 Å². The molecule has 0 unspecified atom stereocenters. The van der Waals surface area contributed by atoms with Gasteiger partial charge in [0.25, 0.3) is 0 Å². The number of halogens is 1. The molecule has 7 nitrogen and oxygen atoms in total. The Hall–Kier alpha value is -1.67. The van der Waals surface area contributed by atoms with Crippen molar-refractivity contribution in [3.63, 3.8) is 0 Å². The number of nitrogen functional groups attached to an aromatic ring is 1. The fourth-order valence-corrected chi connectivity index (χ4v) is 2.68. The third-order valence-electron chi connectivity index (χ3n) is 2.60. The number of hydrogen-bond acceptors (Lipinski definition) is 6. The topological polar surface area (TPSA) is 104 Å². The predicted octanol–water partition coefficient (Wildman–Crippen LogP) is 1.01. The minimum absolute atomic E-state index is 0.0873. The Morgan fingerprint density at radius 3 is 2.75 bits per heavy atom. The number of sulfone groups is 1. The van der Waals surface area contributed by atoms with E-state index in [4.69, 9.17) is 17.3 Å². The summed E-state index contributed by atoms with van der Waals surface area (Å²) in [6.07, 6.45) is 1.64. The molecule has 1 aromatic carbocycles. The molecule has 2 aromatic rings. The van der Waals surface area contributed by atoms with E-state index in [0.717, 1.165) is 0 Å². The van der Waals surface area contributed by atoms with Crippen molar-refractivity contribution in [2.24, 2.45) is 0 Å². The molecular formula is C11H14ClN5O2S. The van der Waals surface area contributed by atoms with Crippen molar-refractivity contribution in [2.45, 2.75) is 13.0 Å². The minimum atomic E-state index is -2.99. The van der Waals surface area contributed by atoms with Crippen LogP contribution >= 0.6 is 11.6 Å². The summed E-state index contributed by atoms with van der Waals surface area (Å²) >= 11 is 5.95. The van der Waals surface area contributed by atoms with Gasteiger partial charge in [-0.2, -0.15) is 0 Å². The maximum absolute atomic E-state index is 11.1. The molecule has 0 spiro atoms. The van der Waals surface area contributed by atoms with Crippen LogP contribution in [0.5, 0.6) is 0 Å². The van der Waals surface area contributed by atoms with Gasteiger partial charge in [-0.15, -0.1) is 5.10 Å². The molecule has 1 aromatic heterocycles. The second-order valence-corrected chi connectivity index (χ2v) is 7.18. The van der Waals surface area contributed by atoms with Gasteiger partial charge in [-0.1, -0.05) is 11.6 Å². The number of nitrogens with zero attached hydrogens (tertiary/aromatic N) is 4. The van der Waals surface area contributed by atoms with Crippen molar-refractivity contribution in [3.8, 4) is 11.4 Å². The number of hydrogen-bond donors (Lipinski definition) is 1. The van der Waals surface area contributed by atoms with Crippen LogP contribution in [0.25, 0.3) is 11.4 Å². The first-order chi connectivity index (χ1) is 9.35. The van der Waals surface area contributed by atoms with Crippen LogP contribution in [0.4, 0.5) is 5.69 Å². The lowest BCUT2D eigenvalue weighted by Gasteiger charge is -2.05. The first kappa shape index (κ1) is 14.7. The number of nitrogens with two attached hydrogens (primary N) is 1. The summed E-state index contributed by atoms with van der Waals surface area (Å²) in [5, 5.41) is 11.9. The number of tetrazole rings is 1. The highest BCUT2D eigenvalue weighted by Gasteiger charge is 2.11. The lowest BCUT2D eigenvalue weighted by atomic mass is 10.2. The van der Waals surface area contributed by atoms with Crippen LogP contribution in [0.2, 0.25) is 5.02 Å². The Bertz CT molecular complexity index is 693. The van der Waals surface area contributed by atoms with E-state index >= 15 is 0 Å². The van der Waals surface area contributed by atoms with E-state index in [1.807, 2.05) is 0 Å². The van der Waals surface area contributed by atoms with Gasteiger partial charge in [-0.3, -0.25) is 0 Å². The quantitative estimate of drug-likeness (QED) is 0.826. The van der Waals surface area contributed by atoms with Crippen LogP contribution in [0.15, 0.2) is 18.2 Å². The molecule has 0 fully saturated rings. The van der Waals surface area contributed by atoms with E-state index in [0.29, 0.717) is 35.1 Å². The lowest BCUT2D eigenvalue weighted by molar-refractivity contribution is 0.567. The van der Waals surface area contributed by atoms with Crippen LogP contribution in [0.3, 0.4) is 0 Å². The van der Waals surface area contributed by atoms with Gasteiger partial charge in [0.05, 0.1) is 5.75 Å². The first-order valence-corrected chi connectivity index (χ1v) is 8.29. The predicted molar refractivity (Wildman–Crippen MR) is 77.0 cm³/mol. The molecule has 0 radical (unpaired) electrons. The summed E-state index contributed by atoms with van der Waals surface area (Å²) in [6, 6.07) is 5.05. The maximum atomic E-state index is 11.1. The molecule has 2 rings (SSSR count). The summed E-state index contributed by atoms with van der Waals surface area (Å²) in [7, 11) is -2.99. The van der Waals surface area contributed by atoms with E-state index in [1.165, 1.54) is 10.9 Å². The van der Waals surface area contributed by atoms with E-state index in [2.05, 4.69) is 15.5 Å². The van der Waals surface area contributed by atoms with Crippen LogP contribution in [0, 0.1) is 0 Å². The lowest BCUT2D eigenvalue weighted by Crippen LogP contribution is -2.09. The third kappa shape index (κ3) is 3.91. The Balaban J connectivity index is 2.20. The summed E-state index contributed by atoms with van der Waals surface area (Å²) in [6.45, 7) is 0.405. The Morgan fingerprint density at radius 2 is 2.10 bits per heavy atom. The molecule has 108 valence electrons. The SMILES string of the molecule is CS(=O)(=O)CCCn1nnnc1-c1cc(N)cc(Cl)c1. The zero-order chi connectivity index (χ0) is 14.8. The second kappa shape index (κ2) is 5.76. The molecule has 0 aliphatic rings. The normalized spacial score (nSPS) is 11.7. The molecule has 0 aliphatic carbocycles. The summed E-state index contributed by atoms with van der Waals surface area (Å²) in [5.41, 5.74) is 6.94. The average molecular weight is 316 g/mol. The molecule has 0 saturated carbocycles. The van der Waals surface area contributed by atoms with E-state index < -0.39 is 9.84 Å². The van der Waals surface area contributed by atoms with Crippen LogP contribution in [-0.2, 0) is 16.4 Å². The number of anilines is 1. The Labute approximate surface area is 121 Å². The van der Waals surface area contributed by atoms with E-state index in [1.54, 1.807) is 18.2 Å². The molecule has 0 amide bonds. The molecule has 0 saturated heterocycles. The fraction of sp³-hybridized carbons (Fsp3) is 0.364. The summed E-state index contributed by atoms with van der Waals surface area (Å²) < 4.78 is 23.8. The van der Waals surface area contributed by atoms with Crippen molar-refractivity contribution >= 4 is 27.1 Å². The zero-order valence-electron chi connectivity index (χ0n) is 10.8. The number of aromatic nitrogens is 4. The van der Waals surface area contributed by atoms with Crippen molar-refractivity contribution in [1.82, 2.24) is 20.2 Å². The van der Waals surface area contributed by atoms with Crippen molar-refractivity contribution < 1.29 is 8.42 Å². The van der Waals surface area contributed by atoms with E-state index in [-0.39, 0.29) is 5.75 Å². The Kier molecular flexibility index (Phi) is 4.24. The highest BCUT2D eigenvalue weighted by atomic mass is 35.5. The molecular weight excluding hydrogens is 302 g/mol. The number of rotatable bonds is 5. The van der Waals surface area contributed by atoms with Gasteiger partial charge in [-0.25, -0.2) is 13.1 Å². The number of aryl methyl sites for hydroxylation is 1. The fourth-order valence-electron chi connectivity index (χ4n) is 1.78. The van der Waals surface area contributed by atoms with Gasteiger partial charge in [0.1, 0.15) is 9.84 Å². The van der Waals surface area contributed by atoms with Gasteiger partial charge in [0.15, 0.2) is 5.82 Å². The zero-order valence-corrected chi connectivity index (χ0v) is 12.4. The molecule has 9 heteroatoms. The van der Waals surface area contributed by atoms with Gasteiger partial charge in [-0.05, 0) is 35.0 Å². The molecule has 1 heterocycles. The van der Waals surface area contributed by atoms with Gasteiger partial charge in [0, 0.05) is 29.1 Å². The van der Waals surface area contributed by atoms with E-state index in [9.17, 15) is 8.42 Å². The van der Waals surface area contributed by atoms with Crippen LogP contribution in [-0.4, -0.2) is 40.6 Å². The summed E-state index contributed by atoms with van der Waals surface area (Å²) in [4.78, 5) is 0. The van der Waals surface area contributed by atoms with Crippen LogP contribution in [0.1, 0.15) is 6.42 Å². The first-order valence-electron chi connectivity index (χ1n) is 5.85. The molecule has 0 aliphatic heterocycles. The molecule has 0 bridgehead atoms. The summed E-state index contributed by atoms with van der Waals surface area (Å²) in [5.74, 6) is 0.594. The third-order valence-corrected chi connectivity index (χ3v) is 3.84. The Morgan fingerprint density at radius 1 is 1.35 bits per heavy atom. The monoisotopic (exact) mass is 315 g/mol. The van der Waals surface area contributed by atoms with Crippen molar-refractivity contribution in [1.29, 1.82) is 0 Å². The van der Waals surface area contributed by atoms with Gasteiger partial charge < -0.3 is 5.73 Å². The molecule has 2 N–H and O–H groups in total. The number of benzene rings is 1. The van der Waals surface area contributed by atoms with Gasteiger partial charge in [0.2, 0.25) is 0 Å². The van der Waals surface area contributed by atoms with Gasteiger partial charge >= 0.3 is 0 Å². The second-order valence-electron chi connectivity index (χ2n) is 4.48. The molecule has 0 atom stereocenters. The standard InChI is InChI=1S/C11H14ClN5O2S/c1-20(18,19)4-2-3-17-11(14-15-16-17)8-5-9(12)7-10(13)6-8/h5-7H,2-4,13H2,1H3. The van der Waals surface area contributed by atoms with Crippen molar-refractivity contribution in [2.75, 3.05) is 17.7 Å². The maximum Gasteiger partial charge on any atom is 0.182 e. The molecule has 20 heavy (non-hydrogen) atoms.